The molecule has 1 aromatic carbocycles. The summed E-state index contributed by atoms with van der Waals surface area (Å²) in [6.45, 7) is 1.96. The molecule has 8 nitrogen and oxygen atoms in total. The minimum Gasteiger partial charge on any atom is -0.507 e. The van der Waals surface area contributed by atoms with Crippen LogP contribution < -0.4 is 0 Å². The van der Waals surface area contributed by atoms with E-state index in [0.717, 1.165) is 26.0 Å². The molecule has 0 aliphatic rings. The third-order valence-corrected chi connectivity index (χ3v) is 2.03. The third kappa shape index (κ3) is 3.55. The molecule has 8 heteroatoms. The molecule has 0 aromatic heterocycles. The number of esters is 4. The average Bonchev–Trinajstić information content (AvgIpc) is 2.29. The molecule has 0 spiro atoms. The first-order valence-electron chi connectivity index (χ1n) is 5.23. The van der Waals surface area contributed by atoms with Gasteiger partial charge in [0.2, 0.25) is 0 Å². The van der Waals surface area contributed by atoms with Crippen LogP contribution in [-0.4, -0.2) is 34.1 Å². The lowest BCUT2D eigenvalue weighted by molar-refractivity contribution is -0.136. The molecular formula is C12H10O8. The van der Waals surface area contributed by atoms with Crippen LogP contribution >= 0.6 is 0 Å². The lowest BCUT2D eigenvalue weighted by Crippen LogP contribution is -2.12. The van der Waals surface area contributed by atoms with Crippen LogP contribution in [-0.2, 0) is 19.1 Å². The Balaban J connectivity index is 3.15. The van der Waals surface area contributed by atoms with Gasteiger partial charge in [0, 0.05) is 13.8 Å². The molecule has 106 valence electrons. The molecule has 0 amide bonds. The van der Waals surface area contributed by atoms with Crippen molar-refractivity contribution in [2.75, 3.05) is 0 Å². The van der Waals surface area contributed by atoms with E-state index >= 15 is 0 Å². The second-order valence-electron chi connectivity index (χ2n) is 3.65. The van der Waals surface area contributed by atoms with Gasteiger partial charge in [-0.15, -0.1) is 0 Å². The first-order chi connectivity index (χ1) is 9.22. The van der Waals surface area contributed by atoms with Crippen LogP contribution in [0, 0.1) is 0 Å². The Morgan fingerprint density at radius 3 is 1.35 bits per heavy atom. The molecule has 0 atom stereocenters. The summed E-state index contributed by atoms with van der Waals surface area (Å²) in [6, 6.07) is 1.44. The van der Waals surface area contributed by atoms with E-state index in [-0.39, 0.29) is 0 Å². The van der Waals surface area contributed by atoms with Gasteiger partial charge in [-0.25, -0.2) is 9.59 Å². The number of carbonyl (C=O) groups excluding carboxylic acids is 4. The Morgan fingerprint density at radius 2 is 1.10 bits per heavy atom. The van der Waals surface area contributed by atoms with Crippen molar-refractivity contribution in [1.29, 1.82) is 0 Å². The van der Waals surface area contributed by atoms with Crippen molar-refractivity contribution in [3.8, 4) is 11.5 Å². The number of hydrogen-bond acceptors (Lipinski definition) is 8. The molecule has 0 radical (unpaired) electrons. The van der Waals surface area contributed by atoms with Gasteiger partial charge < -0.3 is 19.7 Å². The molecule has 0 fully saturated rings. The largest absolute Gasteiger partial charge is 0.507 e. The lowest BCUT2D eigenvalue weighted by Gasteiger charge is -2.07. The number of rotatable bonds is 2. The molecule has 0 bridgehead atoms. The first kappa shape index (κ1) is 15.2. The van der Waals surface area contributed by atoms with Crippen molar-refractivity contribution in [1.82, 2.24) is 0 Å². The highest BCUT2D eigenvalue weighted by Crippen LogP contribution is 2.28. The smallest absolute Gasteiger partial charge is 0.349 e. The molecule has 0 saturated heterocycles. The molecular weight excluding hydrogens is 272 g/mol. The number of aromatic hydroxyl groups is 2. The van der Waals surface area contributed by atoms with E-state index in [1.54, 1.807) is 0 Å². The highest BCUT2D eigenvalue weighted by atomic mass is 16.6. The van der Waals surface area contributed by atoms with E-state index in [9.17, 15) is 29.4 Å². The first-order valence-corrected chi connectivity index (χ1v) is 5.23. The van der Waals surface area contributed by atoms with Gasteiger partial charge in [0.1, 0.15) is 22.6 Å². The summed E-state index contributed by atoms with van der Waals surface area (Å²) in [5.41, 5.74) is -1.03. The van der Waals surface area contributed by atoms with E-state index in [1.807, 2.05) is 0 Å². The van der Waals surface area contributed by atoms with Gasteiger partial charge in [0.05, 0.1) is 0 Å². The highest BCUT2D eigenvalue weighted by molar-refractivity contribution is 6.03. The molecule has 1 aromatic rings. The van der Waals surface area contributed by atoms with Crippen LogP contribution in [0.4, 0.5) is 0 Å². The van der Waals surface area contributed by atoms with E-state index in [2.05, 4.69) is 9.47 Å². The minimum atomic E-state index is -1.20. The van der Waals surface area contributed by atoms with Crippen LogP contribution in [0.1, 0.15) is 34.6 Å². The topological polar surface area (TPSA) is 127 Å². The summed E-state index contributed by atoms with van der Waals surface area (Å²) in [4.78, 5) is 44.0. The number of hydrogen-bond donors (Lipinski definition) is 2. The van der Waals surface area contributed by atoms with E-state index in [0.29, 0.717) is 0 Å². The molecule has 0 aliphatic heterocycles. The molecule has 0 unspecified atom stereocenters. The monoisotopic (exact) mass is 282 g/mol. The molecule has 0 saturated carbocycles. The second kappa shape index (κ2) is 5.83. The van der Waals surface area contributed by atoms with E-state index in [1.165, 1.54) is 0 Å². The maximum atomic E-state index is 11.4. The lowest BCUT2D eigenvalue weighted by atomic mass is 10.1. The van der Waals surface area contributed by atoms with Crippen LogP contribution in [0.5, 0.6) is 11.5 Å². The van der Waals surface area contributed by atoms with Gasteiger partial charge in [0.25, 0.3) is 0 Å². The van der Waals surface area contributed by atoms with E-state index in [4.69, 9.17) is 0 Å². The van der Waals surface area contributed by atoms with Gasteiger partial charge in [-0.2, -0.15) is 0 Å². The summed E-state index contributed by atoms with van der Waals surface area (Å²) in [5, 5.41) is 19.1. The molecule has 2 N–H and O–H groups in total. The summed E-state index contributed by atoms with van der Waals surface area (Å²) in [5.74, 6) is -5.65. The molecule has 20 heavy (non-hydrogen) atoms. The second-order valence-corrected chi connectivity index (χ2v) is 3.65. The summed E-state index contributed by atoms with van der Waals surface area (Å²) < 4.78 is 8.44. The fourth-order valence-electron chi connectivity index (χ4n) is 1.27. The number of carbonyl (C=O) groups is 4. The van der Waals surface area contributed by atoms with Crippen molar-refractivity contribution < 1.29 is 38.9 Å². The molecule has 0 aliphatic carbocycles. The van der Waals surface area contributed by atoms with Crippen molar-refractivity contribution in [3.05, 3.63) is 23.3 Å². The number of phenolic OH excluding ortho intramolecular Hbond substituents is 2. The van der Waals surface area contributed by atoms with Gasteiger partial charge >= 0.3 is 23.9 Å². The average molecular weight is 282 g/mol. The highest BCUT2D eigenvalue weighted by Gasteiger charge is 2.22. The Morgan fingerprint density at radius 1 is 0.800 bits per heavy atom. The molecule has 1 rings (SSSR count). The van der Waals surface area contributed by atoms with Gasteiger partial charge in [-0.05, 0) is 12.1 Å². The number of ether oxygens (including phenoxy) is 2. The van der Waals surface area contributed by atoms with Crippen molar-refractivity contribution in [2.24, 2.45) is 0 Å². The van der Waals surface area contributed by atoms with Crippen LogP contribution in [0.25, 0.3) is 0 Å². The van der Waals surface area contributed by atoms with Crippen LogP contribution in [0.2, 0.25) is 0 Å². The van der Waals surface area contributed by atoms with Crippen molar-refractivity contribution in [3.63, 3.8) is 0 Å². The maximum absolute atomic E-state index is 11.4. The van der Waals surface area contributed by atoms with Crippen LogP contribution in [0.15, 0.2) is 12.1 Å². The summed E-state index contributed by atoms with van der Waals surface area (Å²) >= 11 is 0. The minimum absolute atomic E-state index is 0.517. The van der Waals surface area contributed by atoms with Gasteiger partial charge in [-0.3, -0.25) is 9.59 Å². The quantitative estimate of drug-likeness (QED) is 0.456. The zero-order valence-corrected chi connectivity index (χ0v) is 10.5. The van der Waals surface area contributed by atoms with Gasteiger partial charge in [-0.1, -0.05) is 0 Å². The van der Waals surface area contributed by atoms with Gasteiger partial charge in [0.15, 0.2) is 0 Å². The Kier molecular flexibility index (Phi) is 4.42. The molecule has 0 heterocycles. The number of phenols is 2. The third-order valence-electron chi connectivity index (χ3n) is 2.03. The Bertz CT molecular complexity index is 548. The summed E-state index contributed by atoms with van der Waals surface area (Å²) in [7, 11) is 0. The van der Waals surface area contributed by atoms with E-state index < -0.39 is 46.5 Å². The Labute approximate surface area is 112 Å². The van der Waals surface area contributed by atoms with Crippen molar-refractivity contribution >= 4 is 23.9 Å². The SMILES string of the molecule is CC(=O)OC(=O)c1cc(O)c(C(=O)OC(C)=O)cc1O. The summed E-state index contributed by atoms with van der Waals surface area (Å²) in [6.07, 6.45) is 0. The normalized spacial score (nSPS) is 9.70. The zero-order valence-electron chi connectivity index (χ0n) is 10.5. The fraction of sp³-hybridized carbons (Fsp3) is 0.167. The zero-order chi connectivity index (χ0) is 15.4. The Hall–Kier alpha value is -2.90. The number of benzene rings is 1. The predicted octanol–water partition coefficient (Wildman–Crippen LogP) is 0.504. The maximum Gasteiger partial charge on any atom is 0.349 e. The predicted molar refractivity (Wildman–Crippen MR) is 62.0 cm³/mol. The standard InChI is InChI=1S/C12H10O8/c1-5(13)19-11(17)7-3-10(16)8(4-9(7)15)12(18)20-6(2)14/h3-4,15-16H,1-2H3. The fourth-order valence-corrected chi connectivity index (χ4v) is 1.27. The van der Waals surface area contributed by atoms with Crippen LogP contribution in [0.3, 0.4) is 0 Å². The van der Waals surface area contributed by atoms with Crippen molar-refractivity contribution in [2.45, 2.75) is 13.8 Å².